The third-order valence-corrected chi connectivity index (χ3v) is 5.37. The fraction of sp³-hybridized carbons (Fsp3) is 0.364. The summed E-state index contributed by atoms with van der Waals surface area (Å²) in [6, 6.07) is 14.2. The summed E-state index contributed by atoms with van der Waals surface area (Å²) in [5, 5.41) is 9.77. The van der Waals surface area contributed by atoms with Crippen LogP contribution < -0.4 is 10.6 Å². The van der Waals surface area contributed by atoms with Gasteiger partial charge >= 0.3 is 0 Å². The fourth-order valence-corrected chi connectivity index (χ4v) is 3.77. The van der Waals surface area contributed by atoms with Crippen LogP contribution in [0.25, 0.3) is 10.9 Å². The fourth-order valence-electron chi connectivity index (χ4n) is 3.77. The third-order valence-electron chi connectivity index (χ3n) is 5.37. The Labute approximate surface area is 161 Å². The van der Waals surface area contributed by atoms with Gasteiger partial charge in [0.1, 0.15) is 1.41 Å². The van der Waals surface area contributed by atoms with E-state index in [-0.39, 0.29) is 11.9 Å². The Balaban J connectivity index is 1.34. The van der Waals surface area contributed by atoms with Crippen LogP contribution in [-0.2, 0) is 24.8 Å². The molecule has 0 spiro atoms. The highest BCUT2D eigenvalue weighted by atomic mass is 16.2. The van der Waals surface area contributed by atoms with Crippen LogP contribution >= 0.6 is 0 Å². The van der Waals surface area contributed by atoms with Crippen LogP contribution in [0.1, 0.15) is 23.1 Å². The molecule has 3 aromatic rings. The van der Waals surface area contributed by atoms with Crippen LogP contribution in [0.4, 0.5) is 0 Å². The van der Waals surface area contributed by atoms with Crippen LogP contribution in [0.2, 0.25) is 1.41 Å². The van der Waals surface area contributed by atoms with E-state index in [0.717, 1.165) is 29.3 Å². The minimum Gasteiger partial charge on any atom is -0.351 e. The lowest BCUT2D eigenvalue weighted by atomic mass is 9.96. The molecule has 5 heteroatoms. The maximum atomic E-state index is 12.7. The molecule has 2 atom stereocenters. The zero-order valence-electron chi connectivity index (χ0n) is 16.9. The number of nitrogens with one attached hydrogen (secondary N) is 2. The second-order valence-electron chi connectivity index (χ2n) is 7.55. The van der Waals surface area contributed by atoms with Gasteiger partial charge in [-0.1, -0.05) is 35.9 Å². The van der Waals surface area contributed by atoms with Crippen LogP contribution in [0.3, 0.4) is 0 Å². The molecule has 2 aromatic carbocycles. The lowest BCUT2D eigenvalue weighted by Crippen LogP contribution is -2.39. The monoisotopic (exact) mass is 363 g/mol. The first-order valence-corrected chi connectivity index (χ1v) is 9.49. The number of carbonyl (C=O) groups is 1. The van der Waals surface area contributed by atoms with E-state index in [9.17, 15) is 4.79 Å². The molecule has 27 heavy (non-hydrogen) atoms. The average Bonchev–Trinajstić information content (AvgIpc) is 3.24. The SMILES string of the molecule is [2H]N1C[C@H](Cc2ccc(C)cc2)C[C@H]1C(=O)NCc1ccc2c(cnn2C)c1. The van der Waals surface area contributed by atoms with Crippen molar-refractivity contribution in [3.8, 4) is 0 Å². The van der Waals surface area contributed by atoms with Crippen molar-refractivity contribution in [2.24, 2.45) is 13.0 Å². The van der Waals surface area contributed by atoms with Crippen molar-refractivity contribution in [3.05, 3.63) is 65.4 Å². The normalized spacial score (nSPS) is 20.7. The quantitative estimate of drug-likeness (QED) is 0.733. The lowest BCUT2D eigenvalue weighted by Gasteiger charge is -2.12. The van der Waals surface area contributed by atoms with E-state index >= 15 is 0 Å². The Hall–Kier alpha value is -2.66. The van der Waals surface area contributed by atoms with Gasteiger partial charge in [0.2, 0.25) is 5.91 Å². The standard InChI is InChI=1S/C22H26N4O/c1-15-3-5-16(6-4-15)9-18-11-20(23-13-18)22(27)24-12-17-7-8-21-19(10-17)14-25-26(21)2/h3-8,10,14,18,20,23H,9,11-13H2,1-2H3,(H,24,27)/t18-,20+/m1/s1/i/hD. The van der Waals surface area contributed by atoms with Gasteiger partial charge in [0.15, 0.2) is 0 Å². The number of carbonyl (C=O) groups excluding carboxylic acids is 1. The second-order valence-corrected chi connectivity index (χ2v) is 7.55. The molecule has 0 saturated carbocycles. The maximum absolute atomic E-state index is 12.7. The molecule has 2 heterocycles. The summed E-state index contributed by atoms with van der Waals surface area (Å²) in [6.45, 7) is 3.18. The average molecular weight is 363 g/mol. The molecule has 2 N–H and O–H groups in total. The van der Waals surface area contributed by atoms with Crippen molar-refractivity contribution < 1.29 is 6.21 Å². The van der Waals surface area contributed by atoms with Crippen molar-refractivity contribution in [2.75, 3.05) is 6.54 Å². The van der Waals surface area contributed by atoms with Crippen LogP contribution in [0.15, 0.2) is 48.7 Å². The highest BCUT2D eigenvalue weighted by Crippen LogP contribution is 2.20. The molecule has 1 aliphatic rings. The van der Waals surface area contributed by atoms with Gasteiger partial charge in [-0.25, -0.2) is 0 Å². The van der Waals surface area contributed by atoms with Crippen molar-refractivity contribution in [3.63, 3.8) is 0 Å². The largest absolute Gasteiger partial charge is 0.351 e. The summed E-state index contributed by atoms with van der Waals surface area (Å²) >= 11 is 0. The van der Waals surface area contributed by atoms with Gasteiger partial charge in [-0.2, -0.15) is 5.10 Å². The highest BCUT2D eigenvalue weighted by Gasteiger charge is 2.29. The van der Waals surface area contributed by atoms with E-state index in [1.165, 1.54) is 16.4 Å². The first kappa shape index (κ1) is 16.5. The lowest BCUT2D eigenvalue weighted by molar-refractivity contribution is -0.123. The number of nitrogens with zero attached hydrogens (tertiary/aromatic N) is 2. The smallest absolute Gasteiger partial charge is 0.237 e. The van der Waals surface area contributed by atoms with Gasteiger partial charge in [0.25, 0.3) is 0 Å². The van der Waals surface area contributed by atoms with E-state index < -0.39 is 0 Å². The molecule has 4 rings (SSSR count). The predicted octanol–water partition coefficient (Wildman–Crippen LogP) is 2.72. The zero-order chi connectivity index (χ0) is 19.7. The van der Waals surface area contributed by atoms with Gasteiger partial charge in [0, 0.05) is 19.0 Å². The van der Waals surface area contributed by atoms with E-state index in [1.807, 2.05) is 30.1 Å². The molecular formula is C22H26N4O. The van der Waals surface area contributed by atoms with E-state index in [1.54, 1.807) is 0 Å². The summed E-state index contributed by atoms with van der Waals surface area (Å²) in [6.07, 6.45) is 3.47. The first-order valence-electron chi connectivity index (χ1n) is 9.94. The van der Waals surface area contributed by atoms with Crippen LogP contribution in [-0.4, -0.2) is 28.3 Å². The van der Waals surface area contributed by atoms with E-state index in [0.29, 0.717) is 19.0 Å². The van der Waals surface area contributed by atoms with Crippen molar-refractivity contribution >= 4 is 16.8 Å². The second kappa shape index (κ2) is 7.53. The van der Waals surface area contributed by atoms with Gasteiger partial charge in [0.05, 0.1) is 17.8 Å². The van der Waals surface area contributed by atoms with Crippen LogP contribution in [0.5, 0.6) is 0 Å². The number of aromatic nitrogens is 2. The van der Waals surface area contributed by atoms with Crippen molar-refractivity contribution in [1.82, 2.24) is 20.4 Å². The Morgan fingerprint density at radius 2 is 2.07 bits per heavy atom. The third kappa shape index (κ3) is 4.03. The molecule has 140 valence electrons. The Kier molecular flexibility index (Phi) is 4.60. The van der Waals surface area contributed by atoms with Gasteiger partial charge in [-0.15, -0.1) is 0 Å². The number of rotatable bonds is 5. The molecule has 0 unspecified atom stereocenters. The zero-order valence-corrected chi connectivity index (χ0v) is 15.9. The summed E-state index contributed by atoms with van der Waals surface area (Å²) in [4.78, 5) is 12.7. The maximum Gasteiger partial charge on any atom is 0.237 e. The molecule has 1 amide bonds. The van der Waals surface area contributed by atoms with Crippen LogP contribution in [0, 0.1) is 12.8 Å². The number of fused-ring (bicyclic) bond motifs is 1. The summed E-state index contributed by atoms with van der Waals surface area (Å²) < 4.78 is 10.0. The van der Waals surface area contributed by atoms with Gasteiger partial charge in [-0.05, 0) is 55.5 Å². The number of aryl methyl sites for hydroxylation is 2. The Morgan fingerprint density at radius 1 is 1.30 bits per heavy atom. The Bertz CT molecular complexity index is 982. The minimum absolute atomic E-state index is 0.0623. The molecule has 0 bridgehead atoms. The highest BCUT2D eigenvalue weighted by molar-refractivity contribution is 5.82. The topological polar surface area (TPSA) is 59.0 Å². The number of hydrogen-bond acceptors (Lipinski definition) is 3. The molecule has 1 fully saturated rings. The van der Waals surface area contributed by atoms with Gasteiger partial charge < -0.3 is 10.6 Å². The molecule has 0 radical (unpaired) electrons. The number of hydrogen-bond donors (Lipinski definition) is 2. The summed E-state index contributed by atoms with van der Waals surface area (Å²) in [5.41, 5.74) is 4.63. The molecule has 1 saturated heterocycles. The molecule has 0 aliphatic carbocycles. The van der Waals surface area contributed by atoms with Gasteiger partial charge in [-0.3, -0.25) is 9.48 Å². The molecule has 5 nitrogen and oxygen atoms in total. The summed E-state index contributed by atoms with van der Waals surface area (Å²) in [5.74, 6) is 0.274. The number of amides is 1. The Morgan fingerprint density at radius 3 is 2.89 bits per heavy atom. The first-order chi connectivity index (χ1) is 13.5. The summed E-state index contributed by atoms with van der Waals surface area (Å²) in [7, 11) is 1.92. The van der Waals surface area contributed by atoms with Crippen molar-refractivity contribution in [1.29, 1.82) is 0 Å². The molecule has 1 aliphatic heterocycles. The molecular weight excluding hydrogens is 336 g/mol. The van der Waals surface area contributed by atoms with E-state index in [2.05, 4.69) is 47.7 Å². The minimum atomic E-state index is -0.377. The number of benzene rings is 2. The molecule has 1 aromatic heterocycles. The van der Waals surface area contributed by atoms with E-state index in [4.69, 9.17) is 1.41 Å². The van der Waals surface area contributed by atoms with Crippen molar-refractivity contribution in [2.45, 2.75) is 32.4 Å². The predicted molar refractivity (Wildman–Crippen MR) is 107 cm³/mol.